The molecule has 1 aliphatic rings. The Bertz CT molecular complexity index is 683. The molecule has 0 unspecified atom stereocenters. The van der Waals surface area contributed by atoms with Gasteiger partial charge in [0.1, 0.15) is 5.75 Å². The summed E-state index contributed by atoms with van der Waals surface area (Å²) >= 11 is 1.54. The summed E-state index contributed by atoms with van der Waals surface area (Å²) < 4.78 is 11.3. The molecule has 134 valence electrons. The maximum absolute atomic E-state index is 5.95. The number of nitrogens with one attached hydrogen (secondary N) is 1. The molecule has 25 heavy (non-hydrogen) atoms. The molecule has 1 N–H and O–H groups in total. The first kappa shape index (κ1) is 17.8. The second-order valence-electron chi connectivity index (χ2n) is 5.86. The van der Waals surface area contributed by atoms with Gasteiger partial charge in [0.25, 0.3) is 0 Å². The first-order valence-corrected chi connectivity index (χ1v) is 9.42. The van der Waals surface area contributed by atoms with Gasteiger partial charge in [-0.25, -0.2) is 4.98 Å². The van der Waals surface area contributed by atoms with E-state index in [2.05, 4.69) is 20.4 Å². The van der Waals surface area contributed by atoms with Crippen LogP contribution in [0.15, 0.2) is 34.7 Å². The molecule has 0 saturated carbocycles. The number of morpholine rings is 1. The summed E-state index contributed by atoms with van der Waals surface area (Å²) in [6.45, 7) is 7.42. The number of aromatic nitrogens is 1. The molecule has 2 heterocycles. The SMILES string of the molecule is Cc1csc(NN=Cc2ccccc2OCCCN2CCOCC2)n1. The van der Waals surface area contributed by atoms with E-state index in [1.165, 1.54) is 11.3 Å². The molecule has 1 aromatic carbocycles. The number of hydrogen-bond donors (Lipinski definition) is 1. The van der Waals surface area contributed by atoms with Gasteiger partial charge in [-0.1, -0.05) is 12.1 Å². The Balaban J connectivity index is 1.46. The minimum absolute atomic E-state index is 0.696. The minimum Gasteiger partial charge on any atom is -0.493 e. The van der Waals surface area contributed by atoms with Crippen molar-refractivity contribution in [2.24, 2.45) is 5.10 Å². The lowest BCUT2D eigenvalue weighted by Gasteiger charge is -2.26. The Morgan fingerprint density at radius 2 is 2.20 bits per heavy atom. The number of rotatable bonds is 8. The van der Waals surface area contributed by atoms with Crippen LogP contribution in [-0.4, -0.2) is 55.6 Å². The highest BCUT2D eigenvalue weighted by atomic mass is 32.1. The average molecular weight is 360 g/mol. The van der Waals surface area contributed by atoms with Crippen LogP contribution in [-0.2, 0) is 4.74 Å². The average Bonchev–Trinajstić information content (AvgIpc) is 3.06. The monoisotopic (exact) mass is 360 g/mol. The smallest absolute Gasteiger partial charge is 0.203 e. The fraction of sp³-hybridized carbons (Fsp3) is 0.444. The van der Waals surface area contributed by atoms with Crippen molar-refractivity contribution in [1.82, 2.24) is 9.88 Å². The second-order valence-corrected chi connectivity index (χ2v) is 6.72. The van der Waals surface area contributed by atoms with Crippen molar-refractivity contribution in [2.75, 3.05) is 44.9 Å². The van der Waals surface area contributed by atoms with E-state index in [4.69, 9.17) is 9.47 Å². The van der Waals surface area contributed by atoms with Crippen molar-refractivity contribution in [1.29, 1.82) is 0 Å². The molecule has 7 heteroatoms. The van der Waals surface area contributed by atoms with Crippen LogP contribution < -0.4 is 10.2 Å². The van der Waals surface area contributed by atoms with E-state index < -0.39 is 0 Å². The van der Waals surface area contributed by atoms with Gasteiger partial charge in [0, 0.05) is 30.6 Å². The molecule has 3 rings (SSSR count). The van der Waals surface area contributed by atoms with E-state index >= 15 is 0 Å². The molecule has 0 radical (unpaired) electrons. The maximum Gasteiger partial charge on any atom is 0.203 e. The highest BCUT2D eigenvalue weighted by molar-refractivity contribution is 7.13. The van der Waals surface area contributed by atoms with Crippen LogP contribution in [0.3, 0.4) is 0 Å². The van der Waals surface area contributed by atoms with Crippen LogP contribution in [0.4, 0.5) is 5.13 Å². The van der Waals surface area contributed by atoms with E-state index in [1.54, 1.807) is 6.21 Å². The third-order valence-corrected chi connectivity index (χ3v) is 4.75. The van der Waals surface area contributed by atoms with Gasteiger partial charge in [-0.05, 0) is 25.5 Å². The standard InChI is InChI=1S/C18H24N4O2S/c1-15-14-25-18(20-15)21-19-13-16-5-2-3-6-17(16)24-10-4-7-22-8-11-23-12-9-22/h2-3,5-6,13-14H,4,7-12H2,1H3,(H,20,21). The van der Waals surface area contributed by atoms with Gasteiger partial charge in [-0.15, -0.1) is 11.3 Å². The number of thiazole rings is 1. The second kappa shape index (κ2) is 9.50. The zero-order chi connectivity index (χ0) is 17.3. The number of ether oxygens (including phenoxy) is 2. The lowest BCUT2D eigenvalue weighted by atomic mass is 10.2. The van der Waals surface area contributed by atoms with Crippen molar-refractivity contribution < 1.29 is 9.47 Å². The van der Waals surface area contributed by atoms with Crippen molar-refractivity contribution >= 4 is 22.7 Å². The maximum atomic E-state index is 5.95. The minimum atomic E-state index is 0.696. The predicted octanol–water partition coefficient (Wildman–Crippen LogP) is 3.00. The van der Waals surface area contributed by atoms with E-state index in [0.717, 1.165) is 61.4 Å². The molecule has 1 saturated heterocycles. The van der Waals surface area contributed by atoms with E-state index in [1.807, 2.05) is 36.6 Å². The molecule has 6 nitrogen and oxygen atoms in total. The molecule has 0 atom stereocenters. The molecule has 0 aliphatic carbocycles. The van der Waals surface area contributed by atoms with Crippen LogP contribution in [0.5, 0.6) is 5.75 Å². The number of hydrazone groups is 1. The lowest BCUT2D eigenvalue weighted by Crippen LogP contribution is -2.37. The first-order valence-electron chi connectivity index (χ1n) is 8.54. The van der Waals surface area contributed by atoms with Crippen molar-refractivity contribution in [3.8, 4) is 5.75 Å². The van der Waals surface area contributed by atoms with Gasteiger partial charge >= 0.3 is 0 Å². The number of hydrogen-bond acceptors (Lipinski definition) is 7. The summed E-state index contributed by atoms with van der Waals surface area (Å²) in [5.41, 5.74) is 4.90. The molecule has 1 fully saturated rings. The van der Waals surface area contributed by atoms with Crippen LogP contribution in [0, 0.1) is 6.92 Å². The van der Waals surface area contributed by atoms with Gasteiger partial charge in [-0.2, -0.15) is 5.10 Å². The Morgan fingerprint density at radius 3 is 3.00 bits per heavy atom. The highest BCUT2D eigenvalue weighted by Gasteiger charge is 2.09. The van der Waals surface area contributed by atoms with Crippen molar-refractivity contribution in [3.63, 3.8) is 0 Å². The fourth-order valence-electron chi connectivity index (χ4n) is 2.58. The van der Waals surface area contributed by atoms with Crippen molar-refractivity contribution in [3.05, 3.63) is 40.9 Å². The largest absolute Gasteiger partial charge is 0.493 e. The highest BCUT2D eigenvalue weighted by Crippen LogP contribution is 2.17. The summed E-state index contributed by atoms with van der Waals surface area (Å²) in [7, 11) is 0. The van der Waals surface area contributed by atoms with Gasteiger partial charge in [0.2, 0.25) is 5.13 Å². The lowest BCUT2D eigenvalue weighted by molar-refractivity contribution is 0.0358. The molecule has 1 aromatic heterocycles. The Hall–Kier alpha value is -1.96. The normalized spacial score (nSPS) is 15.6. The topological polar surface area (TPSA) is 59.0 Å². The summed E-state index contributed by atoms with van der Waals surface area (Å²) in [5, 5.41) is 7.04. The Morgan fingerprint density at radius 1 is 1.36 bits per heavy atom. The zero-order valence-electron chi connectivity index (χ0n) is 14.5. The molecule has 1 aliphatic heterocycles. The van der Waals surface area contributed by atoms with Crippen LogP contribution >= 0.6 is 11.3 Å². The number of anilines is 1. The van der Waals surface area contributed by atoms with E-state index in [-0.39, 0.29) is 0 Å². The Labute approximate surface area is 152 Å². The number of aryl methyl sites for hydroxylation is 1. The zero-order valence-corrected chi connectivity index (χ0v) is 15.3. The van der Waals surface area contributed by atoms with Crippen LogP contribution in [0.2, 0.25) is 0 Å². The molecule has 0 bridgehead atoms. The molecule has 2 aromatic rings. The van der Waals surface area contributed by atoms with Gasteiger partial charge in [-0.3, -0.25) is 10.3 Å². The first-order chi connectivity index (χ1) is 12.3. The predicted molar refractivity (Wildman–Crippen MR) is 102 cm³/mol. The van der Waals surface area contributed by atoms with Crippen LogP contribution in [0.25, 0.3) is 0 Å². The summed E-state index contributed by atoms with van der Waals surface area (Å²) in [6, 6.07) is 7.93. The summed E-state index contributed by atoms with van der Waals surface area (Å²) in [4.78, 5) is 6.74. The van der Waals surface area contributed by atoms with Crippen LogP contribution in [0.1, 0.15) is 17.7 Å². The van der Waals surface area contributed by atoms with Crippen molar-refractivity contribution in [2.45, 2.75) is 13.3 Å². The quantitative estimate of drug-likeness (QED) is 0.445. The van der Waals surface area contributed by atoms with E-state index in [9.17, 15) is 0 Å². The Kier molecular flexibility index (Phi) is 6.79. The third kappa shape index (κ3) is 5.81. The summed E-state index contributed by atoms with van der Waals surface area (Å²) in [6.07, 6.45) is 2.77. The molecule has 0 spiro atoms. The number of para-hydroxylation sites is 1. The van der Waals surface area contributed by atoms with Gasteiger partial charge in [0.15, 0.2) is 0 Å². The van der Waals surface area contributed by atoms with E-state index in [0.29, 0.717) is 6.61 Å². The molecule has 0 amide bonds. The molecular weight excluding hydrogens is 336 g/mol. The fourth-order valence-corrected chi connectivity index (χ4v) is 3.21. The molecular formula is C18H24N4O2S. The summed E-state index contributed by atoms with van der Waals surface area (Å²) in [5.74, 6) is 0.852. The number of nitrogens with zero attached hydrogens (tertiary/aromatic N) is 3. The van der Waals surface area contributed by atoms with Gasteiger partial charge < -0.3 is 9.47 Å². The third-order valence-electron chi connectivity index (χ3n) is 3.88. The van der Waals surface area contributed by atoms with Gasteiger partial charge in [0.05, 0.1) is 31.7 Å². The number of benzene rings is 1.